The molecule has 0 bridgehead atoms. The number of nitrogens with zero attached hydrogens (tertiary/aromatic N) is 1. The lowest BCUT2D eigenvalue weighted by Gasteiger charge is -2.31. The highest BCUT2D eigenvalue weighted by Gasteiger charge is 2.28. The van der Waals surface area contributed by atoms with Gasteiger partial charge in [0, 0.05) is 33.9 Å². The van der Waals surface area contributed by atoms with Crippen LogP contribution in [0.1, 0.15) is 37.8 Å². The Hall–Kier alpha value is -1.40. The number of carbonyl (C=O) groups excluding carboxylic acids is 2. The molecule has 2 aromatic carbocycles. The first kappa shape index (κ1) is 25.9. The molecule has 8 heteroatoms. The summed E-state index contributed by atoms with van der Waals surface area (Å²) in [6.07, 6.45) is 1.34. The van der Waals surface area contributed by atoms with Crippen LogP contribution in [0.4, 0.5) is 0 Å². The van der Waals surface area contributed by atoms with E-state index in [2.05, 4.69) is 5.32 Å². The minimum absolute atomic E-state index is 0.133. The van der Waals surface area contributed by atoms with Gasteiger partial charge in [-0.05, 0) is 42.2 Å². The van der Waals surface area contributed by atoms with Crippen molar-refractivity contribution in [2.24, 2.45) is 0 Å². The summed E-state index contributed by atoms with van der Waals surface area (Å²) in [5.74, 6) is 0.419. The zero-order valence-corrected chi connectivity index (χ0v) is 20.8. The zero-order valence-electron chi connectivity index (χ0n) is 17.7. The van der Waals surface area contributed by atoms with Crippen molar-refractivity contribution >= 4 is 58.4 Å². The maximum Gasteiger partial charge on any atom is 0.242 e. The van der Waals surface area contributed by atoms with Gasteiger partial charge in [-0.25, -0.2) is 0 Å². The summed E-state index contributed by atoms with van der Waals surface area (Å²) in [6.45, 7) is 4.73. The van der Waals surface area contributed by atoms with E-state index in [9.17, 15) is 9.59 Å². The second kappa shape index (κ2) is 13.2. The molecule has 31 heavy (non-hydrogen) atoms. The molecule has 0 aliphatic heterocycles. The molecular weight excluding hydrogens is 475 g/mol. The summed E-state index contributed by atoms with van der Waals surface area (Å²) in [5.41, 5.74) is 1.60. The van der Waals surface area contributed by atoms with Crippen LogP contribution < -0.4 is 5.32 Å². The molecule has 1 atom stereocenters. The molecule has 0 saturated carbocycles. The van der Waals surface area contributed by atoms with Gasteiger partial charge < -0.3 is 10.2 Å². The van der Waals surface area contributed by atoms with Crippen LogP contribution >= 0.6 is 46.6 Å². The first-order valence-corrected chi connectivity index (χ1v) is 12.5. The molecule has 0 heterocycles. The van der Waals surface area contributed by atoms with E-state index in [-0.39, 0.29) is 24.1 Å². The highest BCUT2D eigenvalue weighted by molar-refractivity contribution is 7.99. The van der Waals surface area contributed by atoms with Crippen molar-refractivity contribution < 1.29 is 9.59 Å². The van der Waals surface area contributed by atoms with Crippen LogP contribution in [0.3, 0.4) is 0 Å². The van der Waals surface area contributed by atoms with Crippen LogP contribution in [0, 0.1) is 0 Å². The van der Waals surface area contributed by atoms with Crippen molar-refractivity contribution in [1.29, 1.82) is 0 Å². The van der Waals surface area contributed by atoms with E-state index in [0.717, 1.165) is 17.5 Å². The van der Waals surface area contributed by atoms with Crippen LogP contribution in [0.5, 0.6) is 0 Å². The average Bonchev–Trinajstić information content (AvgIpc) is 2.75. The number of amides is 2. The highest BCUT2D eigenvalue weighted by atomic mass is 35.5. The highest BCUT2D eigenvalue weighted by Crippen LogP contribution is 2.28. The van der Waals surface area contributed by atoms with Crippen LogP contribution in [0.15, 0.2) is 42.5 Å². The number of nitrogens with one attached hydrogen (secondary N) is 1. The fraction of sp³-hybridized carbons (Fsp3) is 0.391. The molecule has 2 aromatic rings. The Morgan fingerprint density at radius 3 is 2.26 bits per heavy atom. The molecule has 4 nitrogen and oxygen atoms in total. The number of hydrogen-bond donors (Lipinski definition) is 1. The van der Waals surface area contributed by atoms with Crippen LogP contribution in [-0.2, 0) is 21.9 Å². The van der Waals surface area contributed by atoms with Crippen molar-refractivity contribution in [3.05, 3.63) is 68.7 Å². The molecule has 0 fully saturated rings. The third kappa shape index (κ3) is 7.60. The Morgan fingerprint density at radius 2 is 1.65 bits per heavy atom. The SMILES string of the molecule is CCCNC(=O)[C@H](CC)N(Cc1ccccc1Cl)C(=O)CSCc1c(Cl)cccc1Cl. The Labute approximate surface area is 203 Å². The fourth-order valence-corrected chi connectivity index (χ4v) is 4.93. The van der Waals surface area contributed by atoms with E-state index < -0.39 is 6.04 Å². The summed E-state index contributed by atoms with van der Waals surface area (Å²) in [4.78, 5) is 27.6. The van der Waals surface area contributed by atoms with Gasteiger partial charge in [0.25, 0.3) is 0 Å². The smallest absolute Gasteiger partial charge is 0.242 e. The summed E-state index contributed by atoms with van der Waals surface area (Å²) in [7, 11) is 0. The van der Waals surface area contributed by atoms with Gasteiger partial charge in [0.1, 0.15) is 6.04 Å². The molecule has 2 amide bonds. The molecule has 0 radical (unpaired) electrons. The minimum Gasteiger partial charge on any atom is -0.354 e. The average molecular weight is 502 g/mol. The number of rotatable bonds is 11. The van der Waals surface area contributed by atoms with E-state index in [0.29, 0.717) is 33.8 Å². The Bertz CT molecular complexity index is 875. The molecule has 0 aliphatic carbocycles. The number of carbonyl (C=O) groups is 2. The lowest BCUT2D eigenvalue weighted by atomic mass is 10.1. The van der Waals surface area contributed by atoms with Crippen molar-refractivity contribution in [2.45, 2.75) is 45.0 Å². The lowest BCUT2D eigenvalue weighted by molar-refractivity contribution is -0.139. The van der Waals surface area contributed by atoms with Gasteiger partial charge in [-0.3, -0.25) is 9.59 Å². The first-order valence-electron chi connectivity index (χ1n) is 10.2. The number of benzene rings is 2. The molecule has 0 unspecified atom stereocenters. The monoisotopic (exact) mass is 500 g/mol. The van der Waals surface area contributed by atoms with Crippen molar-refractivity contribution in [1.82, 2.24) is 10.2 Å². The predicted octanol–water partition coefficient (Wildman–Crippen LogP) is 6.21. The minimum atomic E-state index is -0.570. The largest absolute Gasteiger partial charge is 0.354 e. The van der Waals surface area contributed by atoms with Gasteiger partial charge in [-0.1, -0.05) is 72.9 Å². The third-order valence-corrected chi connectivity index (χ3v) is 6.79. The van der Waals surface area contributed by atoms with Crippen molar-refractivity contribution in [3.8, 4) is 0 Å². The van der Waals surface area contributed by atoms with Gasteiger partial charge >= 0.3 is 0 Å². The molecule has 2 rings (SSSR count). The van der Waals surface area contributed by atoms with Gasteiger partial charge in [0.2, 0.25) is 11.8 Å². The molecule has 0 aromatic heterocycles. The van der Waals surface area contributed by atoms with E-state index in [1.807, 2.05) is 32.0 Å². The second-order valence-electron chi connectivity index (χ2n) is 7.02. The first-order chi connectivity index (χ1) is 14.9. The fourth-order valence-electron chi connectivity index (χ4n) is 3.09. The Balaban J connectivity index is 2.16. The molecule has 0 spiro atoms. The van der Waals surface area contributed by atoms with Crippen LogP contribution in [0.2, 0.25) is 15.1 Å². The third-order valence-electron chi connectivity index (χ3n) is 4.77. The number of halogens is 3. The normalized spacial score (nSPS) is 11.8. The van der Waals surface area contributed by atoms with Crippen LogP contribution in [0.25, 0.3) is 0 Å². The van der Waals surface area contributed by atoms with Gasteiger partial charge in [-0.15, -0.1) is 11.8 Å². The Morgan fingerprint density at radius 1 is 1.00 bits per heavy atom. The maximum atomic E-state index is 13.2. The lowest BCUT2D eigenvalue weighted by Crippen LogP contribution is -2.49. The van der Waals surface area contributed by atoms with Crippen molar-refractivity contribution in [2.75, 3.05) is 12.3 Å². The Kier molecular flexibility index (Phi) is 11.0. The second-order valence-corrected chi connectivity index (χ2v) is 9.23. The van der Waals surface area contributed by atoms with Gasteiger partial charge in [0.05, 0.1) is 5.75 Å². The topological polar surface area (TPSA) is 49.4 Å². The van der Waals surface area contributed by atoms with Gasteiger partial charge in [0.15, 0.2) is 0 Å². The number of thioether (sulfide) groups is 1. The molecular formula is C23H27Cl3N2O2S. The van der Waals surface area contributed by atoms with Crippen molar-refractivity contribution in [3.63, 3.8) is 0 Å². The van der Waals surface area contributed by atoms with E-state index in [1.54, 1.807) is 29.2 Å². The van der Waals surface area contributed by atoms with E-state index >= 15 is 0 Å². The molecule has 1 N–H and O–H groups in total. The van der Waals surface area contributed by atoms with E-state index in [4.69, 9.17) is 34.8 Å². The van der Waals surface area contributed by atoms with E-state index in [1.165, 1.54) is 11.8 Å². The summed E-state index contributed by atoms with van der Waals surface area (Å²) in [6, 6.07) is 12.1. The quantitative estimate of drug-likeness (QED) is 0.398. The predicted molar refractivity (Wildman–Crippen MR) is 132 cm³/mol. The standard InChI is InChI=1S/C23H27Cl3N2O2S/c1-3-12-27-23(30)21(4-2)28(13-16-8-5-6-9-18(16)24)22(29)15-31-14-17-19(25)10-7-11-20(17)26/h5-11,21H,3-4,12-15H2,1-2H3,(H,27,30)/t21-/m0/s1. The number of hydrogen-bond acceptors (Lipinski definition) is 3. The summed E-state index contributed by atoms with van der Waals surface area (Å²) >= 11 is 20.2. The molecule has 168 valence electrons. The zero-order chi connectivity index (χ0) is 22.8. The molecule has 0 aliphatic rings. The maximum absolute atomic E-state index is 13.2. The van der Waals surface area contributed by atoms with Gasteiger partial charge in [-0.2, -0.15) is 0 Å². The molecule has 0 saturated heterocycles. The van der Waals surface area contributed by atoms with Crippen LogP contribution in [-0.4, -0.2) is 35.1 Å². The summed E-state index contributed by atoms with van der Waals surface area (Å²) < 4.78 is 0. The summed E-state index contributed by atoms with van der Waals surface area (Å²) in [5, 5.41) is 4.63.